The summed E-state index contributed by atoms with van der Waals surface area (Å²) in [6, 6.07) is 14.8. The van der Waals surface area contributed by atoms with Crippen molar-refractivity contribution in [2.45, 2.75) is 39.0 Å². The molecule has 0 fully saturated rings. The van der Waals surface area contributed by atoms with Gasteiger partial charge in [-0.2, -0.15) is 0 Å². The van der Waals surface area contributed by atoms with E-state index in [1.807, 2.05) is 57.2 Å². The van der Waals surface area contributed by atoms with Gasteiger partial charge in [0.25, 0.3) is 5.91 Å². The first-order valence-electron chi connectivity index (χ1n) is 8.85. The highest BCUT2D eigenvalue weighted by atomic mass is 16.6. The summed E-state index contributed by atoms with van der Waals surface area (Å²) in [4.78, 5) is 25.8. The highest BCUT2D eigenvalue weighted by molar-refractivity contribution is 5.89. The van der Waals surface area contributed by atoms with Crippen LogP contribution in [0.2, 0.25) is 0 Å². The Bertz CT molecular complexity index is 840. The third-order valence-electron chi connectivity index (χ3n) is 4.14. The van der Waals surface area contributed by atoms with Gasteiger partial charge in [0.05, 0.1) is 17.8 Å². The van der Waals surface area contributed by atoms with Crippen LogP contribution in [0, 0.1) is 0 Å². The summed E-state index contributed by atoms with van der Waals surface area (Å²) >= 11 is 0. The van der Waals surface area contributed by atoms with Crippen molar-refractivity contribution in [1.29, 1.82) is 0 Å². The zero-order valence-corrected chi connectivity index (χ0v) is 15.8. The number of ether oxygens (including phenoxy) is 2. The number of hydrogen-bond acceptors (Lipinski definition) is 5. The number of hydrogen-bond donors (Lipinski definition) is 1. The number of esters is 1. The third kappa shape index (κ3) is 4.58. The second kappa shape index (κ2) is 7.31. The Morgan fingerprint density at radius 3 is 2.44 bits per heavy atom. The number of primary amides is 1. The molecule has 1 amide bonds. The van der Waals surface area contributed by atoms with Gasteiger partial charge in [0.2, 0.25) is 0 Å². The lowest BCUT2D eigenvalue weighted by Gasteiger charge is -2.35. The van der Waals surface area contributed by atoms with E-state index in [1.165, 1.54) is 0 Å². The van der Waals surface area contributed by atoms with Gasteiger partial charge in [0.1, 0.15) is 11.4 Å². The number of nitrogens with zero attached hydrogens (tertiary/aromatic N) is 1. The first kappa shape index (κ1) is 18.8. The van der Waals surface area contributed by atoms with Crippen molar-refractivity contribution < 1.29 is 19.1 Å². The SMILES string of the molecule is CC(C)(C)OC(=O)c1ccc(CN2CC(C(N)=O)Oc3ccccc32)cc1. The van der Waals surface area contributed by atoms with Gasteiger partial charge in [-0.25, -0.2) is 4.79 Å². The minimum Gasteiger partial charge on any atom is -0.477 e. The summed E-state index contributed by atoms with van der Waals surface area (Å²) in [5.41, 5.74) is 7.33. The Morgan fingerprint density at radius 2 is 1.81 bits per heavy atom. The van der Waals surface area contributed by atoms with Crippen LogP contribution in [0.5, 0.6) is 5.75 Å². The minimum absolute atomic E-state index is 0.348. The van der Waals surface area contributed by atoms with Crippen LogP contribution in [0.1, 0.15) is 36.7 Å². The molecule has 2 N–H and O–H groups in total. The maximum Gasteiger partial charge on any atom is 0.338 e. The van der Waals surface area contributed by atoms with Crippen LogP contribution in [-0.2, 0) is 16.1 Å². The van der Waals surface area contributed by atoms with E-state index in [9.17, 15) is 9.59 Å². The smallest absolute Gasteiger partial charge is 0.338 e. The molecule has 1 atom stereocenters. The van der Waals surface area contributed by atoms with Crippen molar-refractivity contribution >= 4 is 17.6 Å². The monoisotopic (exact) mass is 368 g/mol. The fourth-order valence-corrected chi connectivity index (χ4v) is 2.91. The molecule has 0 spiro atoms. The van der Waals surface area contributed by atoms with Crippen LogP contribution in [0.4, 0.5) is 5.69 Å². The van der Waals surface area contributed by atoms with Crippen LogP contribution in [0.15, 0.2) is 48.5 Å². The van der Waals surface area contributed by atoms with Crippen molar-refractivity contribution in [2.24, 2.45) is 5.73 Å². The number of fused-ring (bicyclic) bond motifs is 1. The fourth-order valence-electron chi connectivity index (χ4n) is 2.91. The molecule has 0 aliphatic carbocycles. The standard InChI is InChI=1S/C21H24N2O4/c1-21(2,3)27-20(25)15-10-8-14(9-11-15)12-23-13-18(19(22)24)26-17-7-5-4-6-16(17)23/h4-11,18H,12-13H2,1-3H3,(H2,22,24). The van der Waals surface area contributed by atoms with Gasteiger partial charge in [-0.1, -0.05) is 24.3 Å². The van der Waals surface area contributed by atoms with Crippen LogP contribution < -0.4 is 15.4 Å². The summed E-state index contributed by atoms with van der Waals surface area (Å²) in [6.07, 6.45) is -0.694. The number of carbonyl (C=O) groups excluding carboxylic acids is 2. The number of amides is 1. The van der Waals surface area contributed by atoms with Crippen molar-refractivity contribution in [3.05, 3.63) is 59.7 Å². The third-order valence-corrected chi connectivity index (χ3v) is 4.14. The molecule has 0 bridgehead atoms. The summed E-state index contributed by atoms with van der Waals surface area (Å²) in [6.45, 7) is 6.46. The molecule has 0 aromatic heterocycles. The Balaban J connectivity index is 1.76. The number of carbonyl (C=O) groups is 2. The maximum atomic E-state index is 12.1. The largest absolute Gasteiger partial charge is 0.477 e. The van der Waals surface area contributed by atoms with E-state index in [-0.39, 0.29) is 5.97 Å². The first-order chi connectivity index (χ1) is 12.7. The lowest BCUT2D eigenvalue weighted by molar-refractivity contribution is -0.124. The van der Waals surface area contributed by atoms with Crippen molar-refractivity contribution in [3.63, 3.8) is 0 Å². The van der Waals surface area contributed by atoms with Crippen molar-refractivity contribution in [2.75, 3.05) is 11.4 Å². The number of nitrogens with two attached hydrogens (primary N) is 1. The van der Waals surface area contributed by atoms with Crippen molar-refractivity contribution in [1.82, 2.24) is 0 Å². The molecule has 142 valence electrons. The van der Waals surface area contributed by atoms with Gasteiger partial charge in [-0.05, 0) is 50.6 Å². The Kier molecular flexibility index (Phi) is 5.08. The van der Waals surface area contributed by atoms with E-state index in [0.717, 1.165) is 11.3 Å². The van der Waals surface area contributed by atoms with Crippen LogP contribution in [0.25, 0.3) is 0 Å². The van der Waals surface area contributed by atoms with Crippen LogP contribution >= 0.6 is 0 Å². The van der Waals surface area contributed by atoms with Gasteiger partial charge in [0.15, 0.2) is 6.10 Å². The molecule has 6 nitrogen and oxygen atoms in total. The predicted octanol–water partition coefficient (Wildman–Crippen LogP) is 2.89. The molecule has 2 aromatic rings. The fraction of sp³-hybridized carbons (Fsp3) is 0.333. The molecule has 27 heavy (non-hydrogen) atoms. The molecule has 0 saturated heterocycles. The van der Waals surface area contributed by atoms with E-state index < -0.39 is 17.6 Å². The summed E-state index contributed by atoms with van der Waals surface area (Å²) < 4.78 is 11.1. The normalized spacial score (nSPS) is 16.3. The summed E-state index contributed by atoms with van der Waals surface area (Å²) in [5, 5.41) is 0. The highest BCUT2D eigenvalue weighted by Gasteiger charge is 2.29. The lowest BCUT2D eigenvalue weighted by atomic mass is 10.1. The number of anilines is 1. The second-order valence-electron chi connectivity index (χ2n) is 7.56. The maximum absolute atomic E-state index is 12.1. The van der Waals surface area contributed by atoms with Crippen LogP contribution in [-0.4, -0.2) is 30.1 Å². The quantitative estimate of drug-likeness (QED) is 0.839. The van der Waals surface area contributed by atoms with Gasteiger partial charge >= 0.3 is 5.97 Å². The first-order valence-corrected chi connectivity index (χ1v) is 8.85. The average Bonchev–Trinajstić information content (AvgIpc) is 2.60. The minimum atomic E-state index is -0.694. The van der Waals surface area contributed by atoms with E-state index in [4.69, 9.17) is 15.2 Å². The zero-order valence-electron chi connectivity index (χ0n) is 15.8. The van der Waals surface area contributed by atoms with Crippen LogP contribution in [0.3, 0.4) is 0 Å². The molecular weight excluding hydrogens is 344 g/mol. The van der Waals surface area contributed by atoms with Gasteiger partial charge in [-0.3, -0.25) is 4.79 Å². The Morgan fingerprint density at radius 1 is 1.15 bits per heavy atom. The van der Waals surface area contributed by atoms with E-state index in [0.29, 0.717) is 24.4 Å². The topological polar surface area (TPSA) is 81.9 Å². The molecule has 3 rings (SSSR count). The molecule has 0 saturated carbocycles. The Labute approximate surface area is 158 Å². The number of benzene rings is 2. The summed E-state index contributed by atoms with van der Waals surface area (Å²) in [5.74, 6) is -0.202. The van der Waals surface area contributed by atoms with Gasteiger partial charge < -0.3 is 20.1 Å². The van der Waals surface area contributed by atoms with Gasteiger partial charge in [-0.15, -0.1) is 0 Å². The van der Waals surface area contributed by atoms with E-state index >= 15 is 0 Å². The van der Waals surface area contributed by atoms with E-state index in [1.54, 1.807) is 12.1 Å². The average molecular weight is 368 g/mol. The molecular formula is C21H24N2O4. The molecule has 6 heteroatoms. The van der Waals surface area contributed by atoms with Crippen molar-refractivity contribution in [3.8, 4) is 5.75 Å². The molecule has 2 aromatic carbocycles. The molecule has 1 aliphatic heterocycles. The van der Waals surface area contributed by atoms with Gasteiger partial charge in [0, 0.05) is 6.54 Å². The second-order valence-corrected chi connectivity index (χ2v) is 7.56. The number of rotatable bonds is 4. The zero-order chi connectivity index (χ0) is 19.6. The van der Waals surface area contributed by atoms with E-state index in [2.05, 4.69) is 4.90 Å². The molecule has 0 radical (unpaired) electrons. The Hall–Kier alpha value is -3.02. The highest BCUT2D eigenvalue weighted by Crippen LogP contribution is 2.34. The number of para-hydroxylation sites is 2. The molecule has 1 heterocycles. The lowest BCUT2D eigenvalue weighted by Crippen LogP contribution is -2.46. The molecule has 1 aliphatic rings. The molecule has 1 unspecified atom stereocenters. The predicted molar refractivity (Wildman–Crippen MR) is 103 cm³/mol. The summed E-state index contributed by atoms with van der Waals surface area (Å²) in [7, 11) is 0.